The van der Waals surface area contributed by atoms with Crippen LogP contribution in [0.1, 0.15) is 30.0 Å². The lowest BCUT2D eigenvalue weighted by molar-refractivity contribution is 0.0968. The second-order valence-electron chi connectivity index (χ2n) is 7.52. The van der Waals surface area contributed by atoms with Crippen molar-refractivity contribution in [3.63, 3.8) is 0 Å². The van der Waals surface area contributed by atoms with Crippen LogP contribution in [-0.4, -0.2) is 50.9 Å². The minimum Gasteiger partial charge on any atom is -0.497 e. The molecule has 2 heterocycles. The molecule has 2 unspecified atom stereocenters. The van der Waals surface area contributed by atoms with Gasteiger partial charge in [-0.25, -0.2) is 12.8 Å². The van der Waals surface area contributed by atoms with E-state index in [1.165, 1.54) is 39.7 Å². The Morgan fingerprint density at radius 2 is 1.86 bits per heavy atom. The first-order chi connectivity index (χ1) is 13.4. The lowest BCUT2D eigenvalue weighted by Crippen LogP contribution is -2.48. The van der Waals surface area contributed by atoms with Crippen LogP contribution in [0.5, 0.6) is 5.75 Å². The fraction of sp³-hybridized carbons (Fsp3) is 0.429. The molecule has 4 rings (SSSR count). The van der Waals surface area contributed by atoms with E-state index < -0.39 is 15.8 Å². The summed E-state index contributed by atoms with van der Waals surface area (Å²) in [5.74, 6) is 0.416. The van der Waals surface area contributed by atoms with Gasteiger partial charge in [-0.3, -0.25) is 4.90 Å². The maximum absolute atomic E-state index is 13.2. The number of rotatable bonds is 4. The fourth-order valence-electron chi connectivity index (χ4n) is 4.40. The summed E-state index contributed by atoms with van der Waals surface area (Å²) in [7, 11) is -0.348. The zero-order chi connectivity index (χ0) is 19.9. The van der Waals surface area contributed by atoms with Crippen molar-refractivity contribution in [3.05, 3.63) is 59.4 Å². The molecule has 8 heteroatoms. The molecule has 1 saturated heterocycles. The lowest BCUT2D eigenvalue weighted by atomic mass is 9.85. The highest BCUT2D eigenvalue weighted by molar-refractivity contribution is 7.89. The van der Waals surface area contributed by atoms with Crippen LogP contribution >= 0.6 is 12.4 Å². The quantitative estimate of drug-likeness (QED) is 0.728. The summed E-state index contributed by atoms with van der Waals surface area (Å²) in [5.41, 5.74) is 2.55. The maximum atomic E-state index is 13.2. The molecule has 0 aromatic heterocycles. The summed E-state index contributed by atoms with van der Waals surface area (Å²) < 4.78 is 46.0. The van der Waals surface area contributed by atoms with Crippen molar-refractivity contribution in [1.29, 1.82) is 0 Å². The van der Waals surface area contributed by atoms with Gasteiger partial charge in [0.05, 0.1) is 12.0 Å². The molecule has 2 aliphatic rings. The summed E-state index contributed by atoms with van der Waals surface area (Å²) in [6.07, 6.45) is 2.52. The molecule has 5 nitrogen and oxygen atoms in total. The number of nitrogens with zero attached hydrogens (tertiary/aromatic N) is 2. The average Bonchev–Trinajstić information content (AvgIpc) is 2.72. The SMILES string of the molecule is COc1ccc2c(c1)CCN1CCC(N(C)S(=O)(=O)c3ccc(F)cc3)CC21.Cl. The first-order valence-corrected chi connectivity index (χ1v) is 11.0. The molecular formula is C21H26ClFN2O3S. The summed E-state index contributed by atoms with van der Waals surface area (Å²) in [6, 6.07) is 11.3. The highest BCUT2D eigenvalue weighted by Gasteiger charge is 2.38. The number of fused-ring (bicyclic) bond motifs is 3. The predicted octanol–water partition coefficient (Wildman–Crippen LogP) is 3.64. The highest BCUT2D eigenvalue weighted by Crippen LogP contribution is 2.39. The van der Waals surface area contributed by atoms with Crippen molar-refractivity contribution in [1.82, 2.24) is 9.21 Å². The Morgan fingerprint density at radius 1 is 1.14 bits per heavy atom. The molecule has 158 valence electrons. The first-order valence-electron chi connectivity index (χ1n) is 9.54. The van der Waals surface area contributed by atoms with E-state index in [0.29, 0.717) is 0 Å². The van der Waals surface area contributed by atoms with Gasteiger partial charge in [0.25, 0.3) is 0 Å². The average molecular weight is 441 g/mol. The van der Waals surface area contributed by atoms with Crippen LogP contribution in [-0.2, 0) is 16.4 Å². The number of hydrogen-bond donors (Lipinski definition) is 0. The number of sulfonamides is 1. The van der Waals surface area contributed by atoms with Gasteiger partial charge in [0, 0.05) is 32.2 Å². The monoisotopic (exact) mass is 440 g/mol. The van der Waals surface area contributed by atoms with E-state index in [1.54, 1.807) is 14.2 Å². The maximum Gasteiger partial charge on any atom is 0.243 e. The highest BCUT2D eigenvalue weighted by atomic mass is 35.5. The van der Waals surface area contributed by atoms with Crippen LogP contribution in [0.3, 0.4) is 0 Å². The third-order valence-electron chi connectivity index (χ3n) is 6.07. The molecule has 0 amide bonds. The Morgan fingerprint density at radius 3 is 2.55 bits per heavy atom. The van der Waals surface area contributed by atoms with Crippen LogP contribution < -0.4 is 4.74 Å². The van der Waals surface area contributed by atoms with Crippen molar-refractivity contribution < 1.29 is 17.5 Å². The predicted molar refractivity (Wildman–Crippen MR) is 113 cm³/mol. The minimum atomic E-state index is -3.65. The zero-order valence-corrected chi connectivity index (χ0v) is 18.2. The van der Waals surface area contributed by atoms with Gasteiger partial charge in [0.15, 0.2) is 0 Å². The molecule has 0 bridgehead atoms. The van der Waals surface area contributed by atoms with Crippen molar-refractivity contribution >= 4 is 22.4 Å². The molecule has 0 saturated carbocycles. The third kappa shape index (κ3) is 4.14. The molecule has 0 radical (unpaired) electrons. The van der Waals surface area contributed by atoms with Gasteiger partial charge < -0.3 is 4.74 Å². The van der Waals surface area contributed by atoms with Crippen LogP contribution in [0.15, 0.2) is 47.4 Å². The van der Waals surface area contributed by atoms with Gasteiger partial charge in [-0.1, -0.05) is 6.07 Å². The normalized spacial score (nSPS) is 21.8. The van der Waals surface area contributed by atoms with Gasteiger partial charge in [0.1, 0.15) is 11.6 Å². The van der Waals surface area contributed by atoms with Crippen molar-refractivity contribution in [2.75, 3.05) is 27.2 Å². The van der Waals surface area contributed by atoms with E-state index >= 15 is 0 Å². The number of methoxy groups -OCH3 is 1. The lowest BCUT2D eigenvalue weighted by Gasteiger charge is -2.45. The van der Waals surface area contributed by atoms with Crippen LogP contribution in [0, 0.1) is 5.82 Å². The van der Waals surface area contributed by atoms with Crippen molar-refractivity contribution in [2.45, 2.75) is 36.2 Å². The molecule has 0 aliphatic carbocycles. The number of benzene rings is 2. The van der Waals surface area contributed by atoms with Gasteiger partial charge in [-0.2, -0.15) is 4.31 Å². The molecule has 0 spiro atoms. The molecular weight excluding hydrogens is 415 g/mol. The molecule has 2 aromatic rings. The first kappa shape index (κ1) is 22.0. The molecule has 1 fully saturated rings. The fourth-order valence-corrected chi connectivity index (χ4v) is 5.80. The molecule has 29 heavy (non-hydrogen) atoms. The van der Waals surface area contributed by atoms with Gasteiger partial charge in [-0.15, -0.1) is 12.4 Å². The Kier molecular flexibility index (Phi) is 6.53. The zero-order valence-electron chi connectivity index (χ0n) is 16.5. The van der Waals surface area contributed by atoms with Crippen molar-refractivity contribution in [2.24, 2.45) is 0 Å². The summed E-state index contributed by atoms with van der Waals surface area (Å²) in [5, 5.41) is 0. The van der Waals surface area contributed by atoms with Crippen molar-refractivity contribution in [3.8, 4) is 5.75 Å². The largest absolute Gasteiger partial charge is 0.497 e. The van der Waals surface area contributed by atoms with Crippen LogP contribution in [0.25, 0.3) is 0 Å². The van der Waals surface area contributed by atoms with E-state index in [4.69, 9.17) is 4.74 Å². The molecule has 2 aromatic carbocycles. The van der Waals surface area contributed by atoms with E-state index in [1.807, 2.05) is 6.07 Å². The smallest absolute Gasteiger partial charge is 0.243 e. The Hall–Kier alpha value is -1.67. The van der Waals surface area contributed by atoms with Crippen LogP contribution in [0.4, 0.5) is 4.39 Å². The standard InChI is InChI=1S/C21H25FN2O3S.ClH/c1-23(28(25,26)19-6-3-16(22)4-7-19)17-10-12-24-11-9-15-13-18(27-2)5-8-20(15)21(24)14-17;/h3-8,13,17,21H,9-12,14H2,1-2H3;1H. The Labute approximate surface area is 177 Å². The van der Waals surface area contributed by atoms with E-state index in [-0.39, 0.29) is 29.4 Å². The second-order valence-corrected chi connectivity index (χ2v) is 9.52. The van der Waals surface area contributed by atoms with Gasteiger partial charge >= 0.3 is 0 Å². The number of piperidine rings is 1. The van der Waals surface area contributed by atoms with Gasteiger partial charge in [0.2, 0.25) is 10.0 Å². The summed E-state index contributed by atoms with van der Waals surface area (Å²) >= 11 is 0. The molecule has 2 atom stereocenters. The number of halogens is 2. The molecule has 0 N–H and O–H groups in total. The number of hydrogen-bond acceptors (Lipinski definition) is 4. The Bertz CT molecular complexity index is 968. The van der Waals surface area contributed by atoms with E-state index in [9.17, 15) is 12.8 Å². The molecule has 2 aliphatic heterocycles. The third-order valence-corrected chi connectivity index (χ3v) is 7.99. The van der Waals surface area contributed by atoms with Gasteiger partial charge in [-0.05, 0) is 66.8 Å². The minimum absolute atomic E-state index is 0. The summed E-state index contributed by atoms with van der Waals surface area (Å²) in [4.78, 5) is 2.58. The van der Waals surface area contributed by atoms with E-state index in [0.717, 1.165) is 38.1 Å². The van der Waals surface area contributed by atoms with E-state index in [2.05, 4.69) is 17.0 Å². The number of ether oxygens (including phenoxy) is 1. The van der Waals surface area contributed by atoms with Crippen LogP contribution in [0.2, 0.25) is 0 Å². The summed E-state index contributed by atoms with van der Waals surface area (Å²) in [6.45, 7) is 1.84. The topological polar surface area (TPSA) is 49.9 Å². The Balaban J connectivity index is 0.00000240. The second kappa shape index (κ2) is 8.60.